The van der Waals surface area contributed by atoms with Crippen molar-refractivity contribution in [3.8, 4) is 5.75 Å². The second-order valence-electron chi connectivity index (χ2n) is 5.42. The summed E-state index contributed by atoms with van der Waals surface area (Å²) in [6.07, 6.45) is -0.510. The number of rotatable bonds is 2. The molecule has 0 aliphatic carbocycles. The highest BCUT2D eigenvalue weighted by molar-refractivity contribution is 7.91. The highest BCUT2D eigenvalue weighted by atomic mass is 35.5. The molecule has 3 rings (SSSR count). The third-order valence-corrected chi connectivity index (χ3v) is 6.16. The van der Waals surface area contributed by atoms with Gasteiger partial charge in [-0.05, 0) is 43.3 Å². The van der Waals surface area contributed by atoms with Crippen molar-refractivity contribution in [3.05, 3.63) is 58.6 Å². The molecule has 0 N–H and O–H groups in total. The summed E-state index contributed by atoms with van der Waals surface area (Å²) >= 11 is 5.77. The van der Waals surface area contributed by atoms with Crippen LogP contribution in [0.1, 0.15) is 24.2 Å². The summed E-state index contributed by atoms with van der Waals surface area (Å²) in [5, 5.41) is -0.819. The molecule has 0 radical (unpaired) electrons. The van der Waals surface area contributed by atoms with Gasteiger partial charge in [-0.1, -0.05) is 11.6 Å². The zero-order valence-corrected chi connectivity index (χ0v) is 13.7. The zero-order valence-electron chi connectivity index (χ0n) is 12.1. The van der Waals surface area contributed by atoms with Crippen LogP contribution in [0.4, 0.5) is 8.78 Å². The SMILES string of the molecule is CC1CC(S(=O)(=O)c2ccc(Cl)cc2)c2c(F)ccc(F)c2O1. The summed E-state index contributed by atoms with van der Waals surface area (Å²) in [7, 11) is -3.91. The molecule has 2 aromatic carbocycles. The average molecular weight is 359 g/mol. The van der Waals surface area contributed by atoms with Gasteiger partial charge in [0, 0.05) is 11.4 Å². The standard InChI is InChI=1S/C16H13ClF2O3S/c1-9-8-14(15-12(18)6-7-13(19)16(15)22-9)23(20,21)11-4-2-10(17)3-5-11/h2-7,9,14H,8H2,1H3. The second kappa shape index (κ2) is 5.76. The minimum absolute atomic E-state index is 0.00983. The van der Waals surface area contributed by atoms with E-state index in [1.54, 1.807) is 6.92 Å². The van der Waals surface area contributed by atoms with Crippen LogP contribution in [0, 0.1) is 11.6 Å². The van der Waals surface area contributed by atoms with Gasteiger partial charge < -0.3 is 4.74 Å². The van der Waals surface area contributed by atoms with Gasteiger partial charge in [0.2, 0.25) is 0 Å². The third-order valence-electron chi connectivity index (χ3n) is 3.80. The smallest absolute Gasteiger partial charge is 0.185 e. The molecule has 0 saturated carbocycles. The average Bonchev–Trinajstić information content (AvgIpc) is 2.51. The Bertz CT molecular complexity index is 850. The molecule has 7 heteroatoms. The predicted molar refractivity (Wildman–Crippen MR) is 82.4 cm³/mol. The largest absolute Gasteiger partial charge is 0.487 e. The lowest BCUT2D eigenvalue weighted by molar-refractivity contribution is 0.177. The van der Waals surface area contributed by atoms with E-state index in [9.17, 15) is 17.2 Å². The van der Waals surface area contributed by atoms with E-state index in [1.807, 2.05) is 0 Å². The van der Waals surface area contributed by atoms with Gasteiger partial charge in [0.25, 0.3) is 0 Å². The summed E-state index contributed by atoms with van der Waals surface area (Å²) in [6.45, 7) is 1.62. The molecule has 1 aliphatic heterocycles. The Hall–Kier alpha value is -1.66. The Labute approximate surface area is 137 Å². The maximum atomic E-state index is 14.2. The van der Waals surface area contributed by atoms with E-state index < -0.39 is 32.8 Å². The predicted octanol–water partition coefficient (Wildman–Crippen LogP) is 4.30. The fourth-order valence-electron chi connectivity index (χ4n) is 2.71. The molecule has 0 bridgehead atoms. The van der Waals surface area contributed by atoms with E-state index in [4.69, 9.17) is 16.3 Å². The van der Waals surface area contributed by atoms with Crippen molar-refractivity contribution in [1.29, 1.82) is 0 Å². The Balaban J connectivity index is 2.18. The van der Waals surface area contributed by atoms with E-state index in [0.717, 1.165) is 12.1 Å². The monoisotopic (exact) mass is 358 g/mol. The molecule has 0 fully saturated rings. The van der Waals surface area contributed by atoms with Crippen molar-refractivity contribution in [2.75, 3.05) is 0 Å². The summed E-state index contributed by atoms with van der Waals surface area (Å²) in [5.41, 5.74) is -0.252. The first-order valence-electron chi connectivity index (χ1n) is 6.94. The fourth-order valence-corrected chi connectivity index (χ4v) is 4.73. The normalized spacial score (nSPS) is 20.7. The van der Waals surface area contributed by atoms with Gasteiger partial charge in [-0.2, -0.15) is 0 Å². The zero-order chi connectivity index (χ0) is 16.8. The molecule has 3 nitrogen and oxygen atoms in total. The Morgan fingerprint density at radius 3 is 2.35 bits per heavy atom. The van der Waals surface area contributed by atoms with Crippen molar-refractivity contribution in [2.24, 2.45) is 0 Å². The highest BCUT2D eigenvalue weighted by Gasteiger charge is 2.40. The van der Waals surface area contributed by atoms with Gasteiger partial charge in [0.1, 0.15) is 11.1 Å². The second-order valence-corrected chi connectivity index (χ2v) is 7.99. The van der Waals surface area contributed by atoms with Gasteiger partial charge in [0.05, 0.1) is 16.6 Å². The van der Waals surface area contributed by atoms with Crippen molar-refractivity contribution in [3.63, 3.8) is 0 Å². The summed E-state index contributed by atoms with van der Waals surface area (Å²) in [5.74, 6) is -1.90. The number of hydrogen-bond acceptors (Lipinski definition) is 3. The molecule has 122 valence electrons. The molecule has 0 spiro atoms. The third kappa shape index (κ3) is 2.81. The van der Waals surface area contributed by atoms with Crippen LogP contribution in [0.5, 0.6) is 5.75 Å². The van der Waals surface area contributed by atoms with Crippen LogP contribution in [0.15, 0.2) is 41.3 Å². The van der Waals surface area contributed by atoms with E-state index >= 15 is 0 Å². The number of fused-ring (bicyclic) bond motifs is 1. The number of halogens is 3. The molecular formula is C16H13ClF2O3S. The Kier molecular flexibility index (Phi) is 4.06. The van der Waals surface area contributed by atoms with E-state index in [1.165, 1.54) is 24.3 Å². The summed E-state index contributed by atoms with van der Waals surface area (Å²) < 4.78 is 59.2. The fraction of sp³-hybridized carbons (Fsp3) is 0.250. The molecule has 1 aliphatic rings. The van der Waals surface area contributed by atoms with Crippen LogP contribution in [0.25, 0.3) is 0 Å². The van der Waals surface area contributed by atoms with Gasteiger partial charge in [-0.25, -0.2) is 17.2 Å². The maximum Gasteiger partial charge on any atom is 0.185 e. The van der Waals surface area contributed by atoms with Crippen LogP contribution in [-0.2, 0) is 9.84 Å². The van der Waals surface area contributed by atoms with E-state index in [2.05, 4.69) is 0 Å². The van der Waals surface area contributed by atoms with E-state index in [-0.39, 0.29) is 22.6 Å². The number of hydrogen-bond donors (Lipinski definition) is 0. The van der Waals surface area contributed by atoms with E-state index in [0.29, 0.717) is 5.02 Å². The van der Waals surface area contributed by atoms with Crippen LogP contribution >= 0.6 is 11.6 Å². The lowest BCUT2D eigenvalue weighted by atomic mass is 10.0. The summed E-state index contributed by atoms with van der Waals surface area (Å²) in [6, 6.07) is 7.44. The lowest BCUT2D eigenvalue weighted by Gasteiger charge is -2.30. The van der Waals surface area contributed by atoms with Gasteiger partial charge in [-0.15, -0.1) is 0 Å². The molecule has 0 aromatic heterocycles. The minimum Gasteiger partial charge on any atom is -0.487 e. The Morgan fingerprint density at radius 1 is 1.09 bits per heavy atom. The van der Waals surface area contributed by atoms with Crippen LogP contribution in [-0.4, -0.2) is 14.5 Å². The first-order valence-corrected chi connectivity index (χ1v) is 8.87. The van der Waals surface area contributed by atoms with Gasteiger partial charge in [0.15, 0.2) is 21.4 Å². The molecule has 2 atom stereocenters. The number of sulfone groups is 1. The van der Waals surface area contributed by atoms with Gasteiger partial charge in [-0.3, -0.25) is 0 Å². The van der Waals surface area contributed by atoms with Crippen molar-refractivity contribution < 1.29 is 21.9 Å². The quantitative estimate of drug-likeness (QED) is 0.803. The Morgan fingerprint density at radius 2 is 1.70 bits per heavy atom. The number of benzene rings is 2. The van der Waals surface area contributed by atoms with Crippen LogP contribution in [0.2, 0.25) is 5.02 Å². The van der Waals surface area contributed by atoms with Crippen molar-refractivity contribution in [2.45, 2.75) is 29.6 Å². The number of ether oxygens (including phenoxy) is 1. The molecule has 0 amide bonds. The first kappa shape index (κ1) is 16.2. The molecular weight excluding hydrogens is 346 g/mol. The first-order chi connectivity index (χ1) is 10.8. The van der Waals surface area contributed by atoms with Crippen molar-refractivity contribution in [1.82, 2.24) is 0 Å². The van der Waals surface area contributed by atoms with Crippen molar-refractivity contribution >= 4 is 21.4 Å². The highest BCUT2D eigenvalue weighted by Crippen LogP contribution is 2.44. The molecule has 2 unspecified atom stereocenters. The van der Waals surface area contributed by atoms with Crippen LogP contribution < -0.4 is 4.74 Å². The molecule has 2 aromatic rings. The lowest BCUT2D eigenvalue weighted by Crippen LogP contribution is -2.29. The summed E-state index contributed by atoms with van der Waals surface area (Å²) in [4.78, 5) is 0.00983. The maximum absolute atomic E-state index is 14.2. The topological polar surface area (TPSA) is 43.4 Å². The molecule has 0 saturated heterocycles. The minimum atomic E-state index is -3.91. The van der Waals surface area contributed by atoms with Gasteiger partial charge >= 0.3 is 0 Å². The van der Waals surface area contributed by atoms with Crippen LogP contribution in [0.3, 0.4) is 0 Å². The molecule has 1 heterocycles. The molecule has 23 heavy (non-hydrogen) atoms.